The maximum absolute atomic E-state index is 12.6. The highest BCUT2D eigenvalue weighted by atomic mass is 16.2. The van der Waals surface area contributed by atoms with Crippen LogP contribution in [0.4, 0.5) is 0 Å². The molecule has 0 unspecified atom stereocenters. The van der Waals surface area contributed by atoms with Gasteiger partial charge in [0, 0.05) is 24.7 Å². The van der Waals surface area contributed by atoms with Crippen LogP contribution in [-0.4, -0.2) is 17.0 Å². The average molecular weight is 300 g/mol. The van der Waals surface area contributed by atoms with Crippen molar-refractivity contribution in [1.82, 2.24) is 9.88 Å². The Morgan fingerprint density at radius 2 is 2.05 bits per heavy atom. The zero-order valence-corrected chi connectivity index (χ0v) is 13.8. The molecule has 1 aromatic heterocycles. The van der Waals surface area contributed by atoms with Gasteiger partial charge in [0.05, 0.1) is 5.52 Å². The minimum atomic E-state index is -0.281. The van der Waals surface area contributed by atoms with Gasteiger partial charge in [0.15, 0.2) is 0 Å². The Labute approximate surface area is 131 Å². The molecule has 2 aromatic rings. The quantitative estimate of drug-likeness (QED) is 0.922. The normalized spacial score (nSPS) is 11.1. The third kappa shape index (κ3) is 3.38. The van der Waals surface area contributed by atoms with Gasteiger partial charge in [0.1, 0.15) is 5.56 Å². The lowest BCUT2D eigenvalue weighted by molar-refractivity contribution is 0.0950. The van der Waals surface area contributed by atoms with Crippen molar-refractivity contribution >= 4 is 16.8 Å². The van der Waals surface area contributed by atoms with Crippen LogP contribution < -0.4 is 10.7 Å². The van der Waals surface area contributed by atoms with Gasteiger partial charge in [-0.3, -0.25) is 9.59 Å². The fraction of sp³-hybridized carbons (Fsp3) is 0.444. The molecule has 22 heavy (non-hydrogen) atoms. The summed E-state index contributed by atoms with van der Waals surface area (Å²) in [6.45, 7) is 9.47. The predicted molar refractivity (Wildman–Crippen MR) is 90.4 cm³/mol. The van der Waals surface area contributed by atoms with E-state index in [1.54, 1.807) is 6.20 Å². The largest absolute Gasteiger partial charge is 0.352 e. The molecule has 0 fully saturated rings. The van der Waals surface area contributed by atoms with Gasteiger partial charge in [-0.2, -0.15) is 0 Å². The molecule has 0 aliphatic rings. The molecule has 0 radical (unpaired) electrons. The van der Waals surface area contributed by atoms with Gasteiger partial charge in [-0.05, 0) is 38.3 Å². The van der Waals surface area contributed by atoms with E-state index in [0.29, 0.717) is 24.4 Å². The number of hydrogen-bond donors (Lipinski definition) is 1. The van der Waals surface area contributed by atoms with Crippen molar-refractivity contribution in [3.8, 4) is 0 Å². The number of fused-ring (bicyclic) bond motifs is 1. The predicted octanol–water partition coefficient (Wildman–Crippen LogP) is 3.11. The zero-order valence-electron chi connectivity index (χ0n) is 13.8. The van der Waals surface area contributed by atoms with Crippen LogP contribution in [0.1, 0.15) is 43.1 Å². The van der Waals surface area contributed by atoms with Gasteiger partial charge in [0.2, 0.25) is 5.43 Å². The maximum atomic E-state index is 12.6. The summed E-state index contributed by atoms with van der Waals surface area (Å²) in [6, 6.07) is 5.78. The molecule has 1 heterocycles. The van der Waals surface area contributed by atoms with E-state index in [4.69, 9.17) is 0 Å². The highest BCUT2D eigenvalue weighted by Gasteiger charge is 2.15. The average Bonchev–Trinajstić information content (AvgIpc) is 2.47. The summed E-state index contributed by atoms with van der Waals surface area (Å²) >= 11 is 0. The van der Waals surface area contributed by atoms with Crippen LogP contribution in [0.5, 0.6) is 0 Å². The molecule has 4 nitrogen and oxygen atoms in total. The molecule has 1 N–H and O–H groups in total. The van der Waals surface area contributed by atoms with Gasteiger partial charge in [0.25, 0.3) is 5.91 Å². The molecule has 0 aliphatic carbocycles. The van der Waals surface area contributed by atoms with Gasteiger partial charge in [-0.25, -0.2) is 0 Å². The van der Waals surface area contributed by atoms with Gasteiger partial charge >= 0.3 is 0 Å². The van der Waals surface area contributed by atoms with Crippen LogP contribution in [0.3, 0.4) is 0 Å². The number of rotatable bonds is 5. The summed E-state index contributed by atoms with van der Waals surface area (Å²) in [7, 11) is 0. The Morgan fingerprint density at radius 1 is 1.32 bits per heavy atom. The maximum Gasteiger partial charge on any atom is 0.256 e. The van der Waals surface area contributed by atoms with Crippen LogP contribution in [0.25, 0.3) is 10.9 Å². The van der Waals surface area contributed by atoms with Crippen molar-refractivity contribution < 1.29 is 4.79 Å². The van der Waals surface area contributed by atoms with E-state index in [1.807, 2.05) is 36.6 Å². The molecule has 0 aliphatic heterocycles. The van der Waals surface area contributed by atoms with E-state index in [-0.39, 0.29) is 16.9 Å². The Bertz CT molecular complexity index is 745. The Hall–Kier alpha value is -2.10. The Balaban J connectivity index is 2.43. The number of nitrogens with one attached hydrogen (secondary N) is 1. The number of nitrogens with zero attached hydrogens (tertiary/aromatic N) is 1. The summed E-state index contributed by atoms with van der Waals surface area (Å²) in [5, 5.41) is 3.46. The molecule has 0 saturated carbocycles. The minimum absolute atomic E-state index is 0.189. The second-order valence-corrected chi connectivity index (χ2v) is 6.12. The van der Waals surface area contributed by atoms with Crippen molar-refractivity contribution in [2.75, 3.05) is 6.54 Å². The summed E-state index contributed by atoms with van der Waals surface area (Å²) in [6.07, 6.45) is 2.57. The molecule has 1 aromatic carbocycles. The van der Waals surface area contributed by atoms with Crippen molar-refractivity contribution in [3.05, 3.63) is 45.7 Å². The second-order valence-electron chi connectivity index (χ2n) is 6.12. The number of carbonyl (C=O) groups excluding carboxylic acids is 1. The number of aromatic nitrogens is 1. The molecule has 1 amide bonds. The molecule has 118 valence electrons. The van der Waals surface area contributed by atoms with Crippen molar-refractivity contribution in [2.24, 2.45) is 5.92 Å². The third-order valence-electron chi connectivity index (χ3n) is 3.83. The molecule has 2 rings (SSSR count). The van der Waals surface area contributed by atoms with Crippen LogP contribution >= 0.6 is 0 Å². The van der Waals surface area contributed by atoms with Crippen LogP contribution in [0.15, 0.2) is 29.2 Å². The topological polar surface area (TPSA) is 51.1 Å². The smallest absolute Gasteiger partial charge is 0.256 e. The number of hydrogen-bond acceptors (Lipinski definition) is 2. The summed E-state index contributed by atoms with van der Waals surface area (Å²) in [4.78, 5) is 24.9. The number of pyridine rings is 1. The first-order valence-corrected chi connectivity index (χ1v) is 7.86. The van der Waals surface area contributed by atoms with E-state index >= 15 is 0 Å². The molecule has 0 saturated heterocycles. The Kier molecular flexibility index (Phi) is 5.01. The lowest BCUT2D eigenvalue weighted by Crippen LogP contribution is -2.31. The molecular formula is C18H24N2O2. The third-order valence-corrected chi connectivity index (χ3v) is 3.83. The lowest BCUT2D eigenvalue weighted by Gasteiger charge is -2.12. The number of benzene rings is 1. The van der Waals surface area contributed by atoms with E-state index < -0.39 is 0 Å². The Morgan fingerprint density at radius 3 is 2.68 bits per heavy atom. The van der Waals surface area contributed by atoms with E-state index in [1.165, 1.54) is 0 Å². The monoisotopic (exact) mass is 300 g/mol. The van der Waals surface area contributed by atoms with Crippen molar-refractivity contribution in [3.63, 3.8) is 0 Å². The standard InChI is InChI=1S/C18H24N2O2/c1-5-20-11-15(18(22)19-9-8-12(2)3)17(21)14-10-13(4)6-7-16(14)20/h6-7,10-12H,5,8-9H2,1-4H3,(H,19,22). The molecule has 0 atom stereocenters. The first kappa shape index (κ1) is 16.3. The second kappa shape index (κ2) is 6.77. The SMILES string of the molecule is CCn1cc(C(=O)NCCC(C)C)c(=O)c2cc(C)ccc21. The van der Waals surface area contributed by atoms with Crippen LogP contribution in [-0.2, 0) is 6.54 Å². The molecule has 4 heteroatoms. The minimum Gasteiger partial charge on any atom is -0.352 e. The number of aryl methyl sites for hydroxylation is 2. The van der Waals surface area contributed by atoms with Crippen molar-refractivity contribution in [1.29, 1.82) is 0 Å². The fourth-order valence-corrected chi connectivity index (χ4v) is 2.50. The summed E-state index contributed by atoms with van der Waals surface area (Å²) in [5.74, 6) is 0.239. The summed E-state index contributed by atoms with van der Waals surface area (Å²) in [5.41, 5.74) is 1.93. The first-order chi connectivity index (χ1) is 10.4. The van der Waals surface area contributed by atoms with Crippen LogP contribution in [0.2, 0.25) is 0 Å². The van der Waals surface area contributed by atoms with E-state index in [2.05, 4.69) is 19.2 Å². The van der Waals surface area contributed by atoms with Crippen LogP contribution in [0, 0.1) is 12.8 Å². The van der Waals surface area contributed by atoms with Gasteiger partial charge in [-0.15, -0.1) is 0 Å². The number of amides is 1. The van der Waals surface area contributed by atoms with E-state index in [0.717, 1.165) is 17.5 Å². The molecule has 0 bridgehead atoms. The first-order valence-electron chi connectivity index (χ1n) is 7.86. The number of carbonyl (C=O) groups is 1. The van der Waals surface area contributed by atoms with Crippen molar-refractivity contribution in [2.45, 2.75) is 40.7 Å². The lowest BCUT2D eigenvalue weighted by atomic mass is 10.1. The molecular weight excluding hydrogens is 276 g/mol. The zero-order chi connectivity index (χ0) is 16.3. The van der Waals surface area contributed by atoms with Gasteiger partial charge in [-0.1, -0.05) is 25.5 Å². The fourth-order valence-electron chi connectivity index (χ4n) is 2.50. The highest BCUT2D eigenvalue weighted by Crippen LogP contribution is 2.14. The summed E-state index contributed by atoms with van der Waals surface area (Å²) < 4.78 is 1.95. The molecule has 0 spiro atoms. The van der Waals surface area contributed by atoms with Gasteiger partial charge < -0.3 is 9.88 Å². The van der Waals surface area contributed by atoms with E-state index in [9.17, 15) is 9.59 Å². The highest BCUT2D eigenvalue weighted by molar-refractivity contribution is 5.97.